The lowest BCUT2D eigenvalue weighted by molar-refractivity contribution is 0.0972. The number of nitrogens with zero attached hydrogens (tertiary/aromatic N) is 4. The lowest BCUT2D eigenvalue weighted by Gasteiger charge is -2.36. The molecular weight excluding hydrogens is 1750 g/mol. The normalized spacial score (nSPS) is 15.4. The summed E-state index contributed by atoms with van der Waals surface area (Å²) in [6.45, 7) is 8.10. The van der Waals surface area contributed by atoms with Crippen molar-refractivity contribution >= 4 is 47.0 Å². The number of hydrogen-bond donors (Lipinski definition) is 0. The maximum Gasteiger partial charge on any atom is 0.231 e. The molecule has 16 heteroatoms. The summed E-state index contributed by atoms with van der Waals surface area (Å²) >= 11 is 8.65. The van der Waals surface area contributed by atoms with E-state index in [-0.39, 0.29) is 27.2 Å². The second-order valence-electron chi connectivity index (χ2n) is 40.9. The summed E-state index contributed by atoms with van der Waals surface area (Å²) < 4.78 is 55.7. The summed E-state index contributed by atoms with van der Waals surface area (Å²) in [7, 11) is 0. The van der Waals surface area contributed by atoms with E-state index in [1.54, 1.807) is 0 Å². The lowest BCUT2D eigenvalue weighted by atomic mass is 9.74. The molecule has 8 bridgehead atoms. The minimum Gasteiger partial charge on any atom is -0.456 e. The number of benzene rings is 4. The monoisotopic (exact) mass is 1940 g/mol. The molecule has 0 radical (unpaired) electrons. The fraction of sp³-hybridized carbons (Fsp3) is 0.767. The predicted octanol–water partition coefficient (Wildman–Crippen LogP) is 38.0. The molecule has 4 aromatic rings. The van der Waals surface area contributed by atoms with Gasteiger partial charge in [-0.2, -0.15) is 68.1 Å². The molecule has 0 unspecified atom stereocenters. The third-order valence-electron chi connectivity index (χ3n) is 29.9. The van der Waals surface area contributed by atoms with Crippen LogP contribution in [0.25, 0.3) is 0 Å². The van der Waals surface area contributed by atoms with Crippen molar-refractivity contribution in [2.24, 2.45) is 0 Å². The van der Waals surface area contributed by atoms with Gasteiger partial charge in [-0.15, -0.1) is 0 Å². The van der Waals surface area contributed by atoms with E-state index in [2.05, 4.69) is 123 Å². The smallest absolute Gasteiger partial charge is 0.231 e. The lowest BCUT2D eigenvalue weighted by Crippen LogP contribution is -2.24. The molecule has 0 aromatic heterocycles. The third-order valence-corrected chi connectivity index (χ3v) is 34.5. The number of hydrogen-bond acceptors (Lipinski definition) is 16. The molecule has 0 spiro atoms. The number of thioether (sulfide) groups is 4. The molecule has 4 heterocycles. The van der Waals surface area contributed by atoms with Gasteiger partial charge in [-0.25, -0.2) is 0 Å². The van der Waals surface area contributed by atoms with E-state index >= 15 is 0 Å². The van der Waals surface area contributed by atoms with Crippen molar-refractivity contribution < 1.29 is 37.9 Å². The Morgan fingerprint density at radius 2 is 0.301 bits per heavy atom. The first-order valence-electron chi connectivity index (χ1n) is 57.2. The SMILES string of the molecule is CCCCCCCCCCSCCCCCCCCCCCC1c2cc3c4c(C#N)c2OCOc2c1cc1c(c2C#N)OCOc2c(cc5c(c2C#N)OCOc2c(cc(c(c2C#N)OCO4)C3CCCCCCCCCCCSCCCCCCCCCC)C5CCCCCCCCCCCSCCCCCCCCCC)C1CCCCCCCCCCCSCCCCCCCCCC. The molecule has 0 atom stereocenters. The van der Waals surface area contributed by atoms with Crippen LogP contribution in [0.15, 0.2) is 24.3 Å². The summed E-state index contributed by atoms with van der Waals surface area (Å²) in [6, 6.07) is 20.1. The molecule has 9 rings (SSSR count). The van der Waals surface area contributed by atoms with Crippen LogP contribution in [0, 0.1) is 45.3 Å². The minimum atomic E-state index is -0.415. The standard InChI is InChI=1S/C120H188N4O8S4/c1-5-9-13-17-21-41-53-65-77-133-81-69-57-45-33-25-29-37-49-61-73-97-101-85-103-98(74-62-50-38-30-26-34-46-58-70-82-134-78-66-54-42-22-18-14-10-6-2)105-87-107-100(76-64-52-40-32-28-36-48-60-72-84-136-80-68-56-44-24-20-16-12-8-4)108-88-106-99(75-63-51-39-31-27-35-47-59-71-83-135-79-67-55-43-23-19-15-11-7-3)104-86-102(97)114-110(90-122)116(104)128-95-130-118(106)112(92-124)120(108)132-96-131-119(107)111(91-123)117(105)129-94-127-115(103)109(89-121)113(101)125-93-126-114/h85-88,97-100H,5-84,93-96H2,1-4H3. The molecule has 760 valence electrons. The van der Waals surface area contributed by atoms with Crippen LogP contribution < -0.4 is 37.9 Å². The first-order chi connectivity index (χ1) is 67.5. The molecule has 5 aliphatic rings. The zero-order valence-corrected chi connectivity index (χ0v) is 90.0. The number of nitriles is 4. The van der Waals surface area contributed by atoms with Gasteiger partial charge in [0.1, 0.15) is 92.5 Å². The average molecular weight is 1940 g/mol. The van der Waals surface area contributed by atoms with E-state index in [1.165, 1.54) is 406 Å². The van der Waals surface area contributed by atoms with Crippen LogP contribution in [0.5, 0.6) is 46.0 Å². The number of rotatable bonds is 84. The van der Waals surface area contributed by atoms with Crippen LogP contribution in [-0.2, 0) is 0 Å². The third kappa shape index (κ3) is 40.8. The second-order valence-corrected chi connectivity index (χ2v) is 45.8. The van der Waals surface area contributed by atoms with Crippen LogP contribution in [0.2, 0.25) is 0 Å². The van der Waals surface area contributed by atoms with Gasteiger partial charge in [0.25, 0.3) is 0 Å². The van der Waals surface area contributed by atoms with Gasteiger partial charge >= 0.3 is 0 Å². The minimum absolute atomic E-state index is 0.274. The quantitative estimate of drug-likeness (QED) is 0.0382. The van der Waals surface area contributed by atoms with Crippen molar-refractivity contribution in [3.05, 3.63) is 91.0 Å². The first-order valence-corrected chi connectivity index (χ1v) is 61.8. The van der Waals surface area contributed by atoms with Crippen molar-refractivity contribution in [2.75, 3.05) is 73.2 Å². The predicted molar refractivity (Wildman–Crippen MR) is 581 cm³/mol. The van der Waals surface area contributed by atoms with Crippen LogP contribution in [0.4, 0.5) is 0 Å². The maximum absolute atomic E-state index is 12.0. The summed E-state index contributed by atoms with van der Waals surface area (Å²) in [5, 5.41) is 48.2. The molecule has 4 aromatic carbocycles. The Hall–Kier alpha value is -5.36. The Kier molecular flexibility index (Phi) is 61.9. The van der Waals surface area contributed by atoms with Gasteiger partial charge in [-0.3, -0.25) is 0 Å². The molecule has 0 saturated carbocycles. The van der Waals surface area contributed by atoms with Crippen molar-refractivity contribution in [1.29, 1.82) is 21.0 Å². The van der Waals surface area contributed by atoms with Crippen molar-refractivity contribution in [3.8, 4) is 70.3 Å². The van der Waals surface area contributed by atoms with Gasteiger partial charge in [-0.05, 0) is 147 Å². The molecular formula is C120H188N4O8S4. The highest BCUT2D eigenvalue weighted by molar-refractivity contribution is 7.99. The van der Waals surface area contributed by atoms with Gasteiger partial charge in [0.05, 0.1) is 0 Å². The zero-order chi connectivity index (χ0) is 95.4. The fourth-order valence-electron chi connectivity index (χ4n) is 21.9. The number of unbranched alkanes of at least 4 members (excludes halogenated alkanes) is 60. The molecule has 4 aliphatic heterocycles. The fourth-order valence-corrected chi connectivity index (χ4v) is 26.0. The Morgan fingerprint density at radius 3 is 0.426 bits per heavy atom. The van der Waals surface area contributed by atoms with E-state index in [0.717, 1.165) is 122 Å². The second kappa shape index (κ2) is 73.7. The van der Waals surface area contributed by atoms with Crippen molar-refractivity contribution in [2.45, 2.75) is 514 Å². The van der Waals surface area contributed by atoms with E-state index < -0.39 is 23.7 Å². The summed E-state index contributed by atoms with van der Waals surface area (Å²) in [4.78, 5) is 0. The van der Waals surface area contributed by atoms with E-state index in [0.29, 0.717) is 93.9 Å². The highest BCUT2D eigenvalue weighted by atomic mass is 32.2. The van der Waals surface area contributed by atoms with Crippen LogP contribution >= 0.6 is 47.0 Å². The molecule has 136 heavy (non-hydrogen) atoms. The van der Waals surface area contributed by atoms with Gasteiger partial charge < -0.3 is 37.9 Å². The largest absolute Gasteiger partial charge is 0.456 e. The molecule has 0 amide bonds. The van der Waals surface area contributed by atoms with Gasteiger partial charge in [-0.1, -0.05) is 413 Å². The van der Waals surface area contributed by atoms with Gasteiger partial charge in [0.2, 0.25) is 27.2 Å². The molecule has 0 fully saturated rings. The topological polar surface area (TPSA) is 169 Å². The highest BCUT2D eigenvalue weighted by Crippen LogP contribution is 2.59. The Balaban J connectivity index is 1.02. The van der Waals surface area contributed by atoms with Crippen LogP contribution in [0.3, 0.4) is 0 Å². The summed E-state index contributed by atoms with van der Waals surface area (Å²) in [6.07, 6.45) is 89.1. The van der Waals surface area contributed by atoms with Gasteiger partial charge in [0.15, 0.2) is 0 Å². The molecule has 12 nitrogen and oxygen atoms in total. The average Bonchev–Trinajstić information content (AvgIpc) is 0.719. The first kappa shape index (κ1) is 114. The molecule has 1 aliphatic carbocycles. The maximum atomic E-state index is 12.0. The molecule has 0 saturated heterocycles. The summed E-state index contributed by atoms with van der Waals surface area (Å²) in [5.41, 5.74) is 8.14. The van der Waals surface area contributed by atoms with E-state index in [4.69, 9.17) is 37.9 Å². The molecule has 0 N–H and O–H groups in total. The van der Waals surface area contributed by atoms with Gasteiger partial charge in [0, 0.05) is 68.2 Å². The van der Waals surface area contributed by atoms with E-state index in [1.807, 2.05) is 0 Å². The van der Waals surface area contributed by atoms with Crippen LogP contribution in [-0.4, -0.2) is 73.2 Å². The Bertz CT molecular complexity index is 3420. The van der Waals surface area contributed by atoms with Crippen molar-refractivity contribution in [1.82, 2.24) is 0 Å². The Morgan fingerprint density at radius 1 is 0.184 bits per heavy atom. The van der Waals surface area contributed by atoms with Crippen LogP contribution in [0.1, 0.15) is 580 Å². The highest BCUT2D eigenvalue weighted by Gasteiger charge is 2.42. The van der Waals surface area contributed by atoms with Crippen molar-refractivity contribution in [3.63, 3.8) is 0 Å². The summed E-state index contributed by atoms with van der Waals surface area (Å²) in [5.74, 6) is 12.1. The Labute approximate surface area is 848 Å². The number of ether oxygens (including phenoxy) is 8. The van der Waals surface area contributed by atoms with E-state index in [9.17, 15) is 21.0 Å². The zero-order valence-electron chi connectivity index (χ0n) is 86.7.